The van der Waals surface area contributed by atoms with Crippen LogP contribution in [0.2, 0.25) is 5.02 Å². The predicted octanol–water partition coefficient (Wildman–Crippen LogP) is 7.00. The van der Waals surface area contributed by atoms with Gasteiger partial charge in [-0.05, 0) is 85.8 Å². The highest BCUT2D eigenvalue weighted by Crippen LogP contribution is 2.38. The van der Waals surface area contributed by atoms with Crippen molar-refractivity contribution < 1.29 is 24.2 Å². The maximum absolute atomic E-state index is 13.4. The molecule has 2 fully saturated rings. The molecule has 1 saturated heterocycles. The molecule has 1 atom stereocenters. The summed E-state index contributed by atoms with van der Waals surface area (Å²) < 4.78 is 5.69. The highest BCUT2D eigenvalue weighted by molar-refractivity contribution is 6.30. The van der Waals surface area contributed by atoms with E-state index in [4.69, 9.17) is 16.0 Å². The Morgan fingerprint density at radius 3 is 2.48 bits per heavy atom. The number of benzene rings is 3. The van der Waals surface area contributed by atoms with Crippen molar-refractivity contribution in [3.8, 4) is 11.5 Å². The second kappa shape index (κ2) is 13.8. The number of allylic oxidation sites excluding steroid dienone is 1. The first-order valence-corrected chi connectivity index (χ1v) is 16.2. The van der Waals surface area contributed by atoms with Gasteiger partial charge in [-0.25, -0.2) is 0 Å². The molecule has 3 N–H and O–H groups in total. The van der Waals surface area contributed by atoms with Gasteiger partial charge in [0.25, 0.3) is 5.91 Å². The predicted molar refractivity (Wildman–Crippen MR) is 177 cm³/mol. The molecule has 238 valence electrons. The van der Waals surface area contributed by atoms with E-state index in [0.717, 1.165) is 68.8 Å². The van der Waals surface area contributed by atoms with E-state index in [1.54, 1.807) is 0 Å². The average molecular weight is 641 g/mol. The molecule has 0 bridgehead atoms. The van der Waals surface area contributed by atoms with Gasteiger partial charge in [-0.3, -0.25) is 14.4 Å². The Hall–Kier alpha value is -4.56. The van der Waals surface area contributed by atoms with Crippen LogP contribution in [-0.2, 0) is 17.8 Å². The number of amides is 2. The summed E-state index contributed by atoms with van der Waals surface area (Å²) in [6, 6.07) is 18.9. The van der Waals surface area contributed by atoms with Crippen LogP contribution < -0.4 is 10.7 Å². The van der Waals surface area contributed by atoms with Crippen LogP contribution >= 0.6 is 11.6 Å². The summed E-state index contributed by atoms with van der Waals surface area (Å²) in [4.78, 5) is 40.6. The Morgan fingerprint density at radius 1 is 0.978 bits per heavy atom. The van der Waals surface area contributed by atoms with Crippen molar-refractivity contribution in [1.82, 2.24) is 10.2 Å². The molecule has 0 unspecified atom stereocenters. The average Bonchev–Trinajstić information content (AvgIpc) is 3.05. The van der Waals surface area contributed by atoms with Crippen LogP contribution in [0.4, 0.5) is 0 Å². The van der Waals surface area contributed by atoms with Crippen LogP contribution in [0.3, 0.4) is 0 Å². The minimum atomic E-state index is -0.558. The monoisotopic (exact) mass is 640 g/mol. The first-order chi connectivity index (χ1) is 22.2. The third-order valence-electron chi connectivity index (χ3n) is 9.08. The molecule has 4 aromatic rings. The summed E-state index contributed by atoms with van der Waals surface area (Å²) in [6.45, 7) is 1.48. The number of halogens is 1. The molecule has 0 radical (unpaired) electrons. The fraction of sp³-hybridized carbons (Fsp3) is 0.324. The minimum absolute atomic E-state index is 0.00353. The van der Waals surface area contributed by atoms with Crippen LogP contribution in [0.15, 0.2) is 87.6 Å². The van der Waals surface area contributed by atoms with E-state index in [1.807, 2.05) is 29.2 Å². The van der Waals surface area contributed by atoms with Gasteiger partial charge in [0.2, 0.25) is 5.91 Å². The summed E-state index contributed by atoms with van der Waals surface area (Å²) in [7, 11) is 0. The van der Waals surface area contributed by atoms with Crippen LogP contribution in [0.5, 0.6) is 11.5 Å². The number of nitrogens with zero attached hydrogens (tertiary/aromatic N) is 1. The molecule has 8 nitrogen and oxygen atoms in total. The van der Waals surface area contributed by atoms with E-state index in [-0.39, 0.29) is 28.7 Å². The molecule has 1 saturated carbocycles. The largest absolute Gasteiger partial charge is 0.504 e. The number of carbonyl (C=O) groups excluding carboxylic acids is 2. The first kappa shape index (κ1) is 31.4. The molecular weight excluding hydrogens is 604 g/mol. The summed E-state index contributed by atoms with van der Waals surface area (Å²) in [5.41, 5.74) is 4.28. The fourth-order valence-electron chi connectivity index (χ4n) is 6.62. The standard InChI is InChI=1S/C37H37ClN2O6/c38-27-14-10-24(11-15-27)18-28(39-37(45)35-20-31(41)30-19-32(42)33(43)21-34(30)46-35)17-23-8-12-25(13-9-23)29-6-2-1-5-26(29)22-40-16-4-3-7-36(40)44/h1-2,5-6,10-11,14-15,17,19-21,25,28,42-43H,3-4,7-9,12-13,16,18,22H2,(H,39,45)/t25?,28-/m1/s1. The molecule has 1 aliphatic carbocycles. The second-order valence-electron chi connectivity index (χ2n) is 12.3. The van der Waals surface area contributed by atoms with Gasteiger partial charge >= 0.3 is 0 Å². The zero-order chi connectivity index (χ0) is 32.2. The summed E-state index contributed by atoms with van der Waals surface area (Å²) >= 11 is 6.11. The van der Waals surface area contributed by atoms with Gasteiger partial charge < -0.3 is 24.8 Å². The van der Waals surface area contributed by atoms with Crippen molar-refractivity contribution in [2.24, 2.45) is 0 Å². The molecule has 9 heteroatoms. The number of piperidine rings is 1. The molecule has 3 aromatic carbocycles. The van der Waals surface area contributed by atoms with Gasteiger partial charge in [-0.15, -0.1) is 0 Å². The fourth-order valence-corrected chi connectivity index (χ4v) is 6.74. The van der Waals surface area contributed by atoms with Gasteiger partial charge in [-0.1, -0.05) is 59.6 Å². The lowest BCUT2D eigenvalue weighted by Crippen LogP contribution is -2.36. The maximum atomic E-state index is 13.4. The number of hydrogen-bond donors (Lipinski definition) is 3. The Kier molecular flexibility index (Phi) is 9.45. The quantitative estimate of drug-likeness (QED) is 0.141. The van der Waals surface area contributed by atoms with Crippen molar-refractivity contribution in [2.75, 3.05) is 6.54 Å². The molecule has 2 aliphatic rings. The van der Waals surface area contributed by atoms with E-state index in [0.29, 0.717) is 30.3 Å². The number of rotatable bonds is 8. The number of aromatic hydroxyl groups is 2. The van der Waals surface area contributed by atoms with Crippen molar-refractivity contribution in [2.45, 2.75) is 69.9 Å². The number of phenols is 2. The topological polar surface area (TPSA) is 120 Å². The van der Waals surface area contributed by atoms with Gasteiger partial charge in [0.15, 0.2) is 22.7 Å². The van der Waals surface area contributed by atoms with E-state index >= 15 is 0 Å². The van der Waals surface area contributed by atoms with Crippen LogP contribution in [0.25, 0.3) is 11.0 Å². The minimum Gasteiger partial charge on any atom is -0.504 e. The summed E-state index contributed by atoms with van der Waals surface area (Å²) in [5, 5.41) is 23.4. The SMILES string of the molecule is O=C(N[C@H](C=C1CCC(c2ccccc2CN2CCCCC2=O)CC1)Cc1ccc(Cl)cc1)c1cc(=O)c2cc(O)c(O)cc2o1. The highest BCUT2D eigenvalue weighted by atomic mass is 35.5. The zero-order valence-electron chi connectivity index (χ0n) is 25.5. The van der Waals surface area contributed by atoms with Gasteiger partial charge in [0.1, 0.15) is 5.58 Å². The molecule has 1 aromatic heterocycles. The van der Waals surface area contributed by atoms with Gasteiger partial charge in [-0.2, -0.15) is 0 Å². The molecule has 1 aliphatic heterocycles. The summed E-state index contributed by atoms with van der Waals surface area (Å²) in [5.74, 6) is -1.00. The molecule has 6 rings (SSSR count). The van der Waals surface area contributed by atoms with Crippen molar-refractivity contribution in [3.05, 3.63) is 116 Å². The Balaban J connectivity index is 1.19. The number of hydrogen-bond acceptors (Lipinski definition) is 6. The van der Waals surface area contributed by atoms with Gasteiger partial charge in [0.05, 0.1) is 11.4 Å². The number of phenolic OH excluding ortho intramolecular Hbond substituents is 2. The van der Waals surface area contributed by atoms with Crippen LogP contribution in [-0.4, -0.2) is 39.5 Å². The summed E-state index contributed by atoms with van der Waals surface area (Å²) in [6.07, 6.45) is 8.97. The molecule has 46 heavy (non-hydrogen) atoms. The Bertz CT molecular complexity index is 1840. The third kappa shape index (κ3) is 7.29. The van der Waals surface area contributed by atoms with Crippen molar-refractivity contribution in [3.63, 3.8) is 0 Å². The van der Waals surface area contributed by atoms with E-state index in [9.17, 15) is 24.6 Å². The number of likely N-dealkylation sites (tertiary alicyclic amines) is 1. The smallest absolute Gasteiger partial charge is 0.287 e. The van der Waals surface area contributed by atoms with E-state index in [1.165, 1.54) is 16.7 Å². The number of fused-ring (bicyclic) bond motifs is 1. The molecule has 2 amide bonds. The van der Waals surface area contributed by atoms with Crippen LogP contribution in [0, 0.1) is 0 Å². The Morgan fingerprint density at radius 2 is 1.72 bits per heavy atom. The maximum Gasteiger partial charge on any atom is 0.287 e. The normalized spacial score (nSPS) is 17.6. The molecule has 2 heterocycles. The lowest BCUT2D eigenvalue weighted by atomic mass is 9.79. The van der Waals surface area contributed by atoms with Gasteiger partial charge in [0, 0.05) is 36.7 Å². The van der Waals surface area contributed by atoms with Crippen LogP contribution in [0.1, 0.15) is 78.1 Å². The van der Waals surface area contributed by atoms with Crippen molar-refractivity contribution in [1.29, 1.82) is 0 Å². The van der Waals surface area contributed by atoms with Crippen molar-refractivity contribution >= 4 is 34.4 Å². The number of carbonyl (C=O) groups is 2. The zero-order valence-corrected chi connectivity index (χ0v) is 26.3. The lowest BCUT2D eigenvalue weighted by Gasteiger charge is -2.31. The second-order valence-corrected chi connectivity index (χ2v) is 12.7. The molecular formula is C37H37ClN2O6. The molecule has 0 spiro atoms. The lowest BCUT2D eigenvalue weighted by molar-refractivity contribution is -0.133. The Labute approximate surface area is 272 Å². The van der Waals surface area contributed by atoms with E-state index < -0.39 is 22.8 Å². The first-order valence-electron chi connectivity index (χ1n) is 15.8. The van der Waals surface area contributed by atoms with E-state index in [2.05, 4.69) is 35.7 Å². The third-order valence-corrected chi connectivity index (χ3v) is 9.33. The highest BCUT2D eigenvalue weighted by Gasteiger charge is 2.25. The number of nitrogens with one attached hydrogen (secondary N) is 1.